The summed E-state index contributed by atoms with van der Waals surface area (Å²) in [6, 6.07) is 42.1. The minimum Gasteiger partial charge on any atom is -0.497 e. The van der Waals surface area contributed by atoms with E-state index in [2.05, 4.69) is 34.6 Å². The molecule has 6 aromatic rings. The molecule has 5 unspecified atom stereocenters. The lowest BCUT2D eigenvalue weighted by Gasteiger charge is -2.39. The molecule has 5 atom stereocenters. The number of carbonyl (C=O) groups is 3. The number of ether oxygens (including phenoxy) is 5. The van der Waals surface area contributed by atoms with Crippen LogP contribution in [-0.4, -0.2) is 108 Å². The van der Waals surface area contributed by atoms with Crippen molar-refractivity contribution in [2.24, 2.45) is 5.41 Å². The minimum atomic E-state index is -2.08. The number of halogens is 1. The van der Waals surface area contributed by atoms with E-state index in [0.29, 0.717) is 11.5 Å². The normalized spacial score (nSPS) is 17.6. The van der Waals surface area contributed by atoms with Gasteiger partial charge in [0.05, 0.1) is 38.5 Å². The second-order valence-electron chi connectivity index (χ2n) is 20.7. The van der Waals surface area contributed by atoms with Gasteiger partial charge in [0.15, 0.2) is 17.5 Å². The van der Waals surface area contributed by atoms with E-state index >= 15 is 4.39 Å². The van der Waals surface area contributed by atoms with Crippen LogP contribution in [0.3, 0.4) is 0 Å². The maximum atomic E-state index is 17.7. The van der Waals surface area contributed by atoms with Gasteiger partial charge in [0.25, 0.3) is 8.53 Å². The maximum Gasteiger partial charge on any atom is 0.407 e. The number of alkyl halides is 1. The summed E-state index contributed by atoms with van der Waals surface area (Å²) in [5.41, 5.74) is 3.81. The minimum absolute atomic E-state index is 0.0331. The van der Waals surface area contributed by atoms with Crippen LogP contribution in [0.25, 0.3) is 11.1 Å². The highest BCUT2D eigenvalue weighted by molar-refractivity contribution is 8.13. The van der Waals surface area contributed by atoms with Gasteiger partial charge in [-0.15, -0.1) is 0 Å². The lowest BCUT2D eigenvalue weighted by molar-refractivity contribution is -0.118. The number of aromatic nitrogens is 2. The molecule has 79 heavy (non-hydrogen) atoms. The van der Waals surface area contributed by atoms with Gasteiger partial charge in [-0.25, -0.2) is 18.6 Å². The summed E-state index contributed by atoms with van der Waals surface area (Å²) >= 11 is 1.06. The van der Waals surface area contributed by atoms with Crippen LogP contribution in [0, 0.1) is 5.41 Å². The molecular formula is C61H70FN4O11PS. The Kier molecular flexibility index (Phi) is 19.6. The number of thioether (sulfide) groups is 1. The second-order valence-corrected chi connectivity index (χ2v) is 23.2. The van der Waals surface area contributed by atoms with Gasteiger partial charge in [-0.05, 0) is 104 Å². The van der Waals surface area contributed by atoms with Gasteiger partial charge in [-0.3, -0.25) is 14.2 Å². The third-order valence-electron chi connectivity index (χ3n) is 14.0. The summed E-state index contributed by atoms with van der Waals surface area (Å²) in [7, 11) is 1.10. The Bertz CT molecular complexity index is 2990. The molecular weight excluding hydrogens is 1050 g/mol. The first-order valence-electron chi connectivity index (χ1n) is 26.4. The summed E-state index contributed by atoms with van der Waals surface area (Å²) < 4.78 is 65.0. The molecule has 1 saturated heterocycles. The number of ketones is 1. The van der Waals surface area contributed by atoms with Crippen LogP contribution in [0.1, 0.15) is 94.1 Å². The molecule has 1 aliphatic carbocycles. The zero-order chi connectivity index (χ0) is 56.4. The van der Waals surface area contributed by atoms with E-state index < -0.39 is 55.9 Å². The molecule has 2 aliphatic rings. The number of benzene rings is 5. The summed E-state index contributed by atoms with van der Waals surface area (Å²) in [6.45, 7) is 12.8. The standard InChI is InChI=1S/C61H70FN4O11PS/c1-39(2)66(40(3)4)78(75-33-34-79-57(68)60(6,7)38-63-59(70)73-36-52-50-21-15-13-19-48(50)49-20-14-16-22-51(49)52)77-55-53(76-56(54(55)62)65-32-31-45(35-41(5)67)64-58(65)69)37-74-61(42-17-11-10-12-18-42,43-23-27-46(71-8)28-24-43)44-25-29-47(72-9)30-26-44/h10-32,39-40,52-56H,33-38H2,1-9H3,(H,63,70). The van der Waals surface area contributed by atoms with Crippen molar-refractivity contribution in [2.75, 3.05) is 46.3 Å². The second kappa shape index (κ2) is 26.3. The molecule has 0 bridgehead atoms. The zero-order valence-electron chi connectivity index (χ0n) is 46.1. The molecule has 1 fully saturated rings. The molecule has 15 nitrogen and oxygen atoms in total. The van der Waals surface area contributed by atoms with E-state index in [0.717, 1.165) is 55.3 Å². The highest BCUT2D eigenvalue weighted by Crippen LogP contribution is 2.52. The number of amides is 1. The van der Waals surface area contributed by atoms with Gasteiger partial charge in [-0.2, -0.15) is 4.98 Å². The number of carbonyl (C=O) groups excluding carboxylic acids is 3. The fourth-order valence-corrected chi connectivity index (χ4v) is 12.8. The quantitative estimate of drug-likeness (QED) is 0.0327. The number of hydrogen-bond acceptors (Lipinski definition) is 14. The van der Waals surface area contributed by atoms with E-state index in [1.807, 2.05) is 135 Å². The van der Waals surface area contributed by atoms with Crippen LogP contribution in [0.4, 0.5) is 9.18 Å². The molecule has 8 rings (SSSR count). The van der Waals surface area contributed by atoms with Crippen LogP contribution in [0.2, 0.25) is 0 Å². The Morgan fingerprint density at radius 1 is 0.785 bits per heavy atom. The number of rotatable bonds is 25. The topological polar surface area (TPSA) is 166 Å². The third kappa shape index (κ3) is 13.5. The monoisotopic (exact) mass is 1120 g/mol. The Morgan fingerprint density at radius 2 is 1.34 bits per heavy atom. The first-order chi connectivity index (χ1) is 37.9. The van der Waals surface area contributed by atoms with Gasteiger partial charge in [0.2, 0.25) is 0 Å². The first-order valence-corrected chi connectivity index (χ1v) is 28.6. The molecule has 5 aromatic carbocycles. The average molecular weight is 1120 g/mol. The first kappa shape index (κ1) is 58.8. The lowest BCUT2D eigenvalue weighted by atomic mass is 9.80. The molecule has 418 valence electrons. The highest BCUT2D eigenvalue weighted by Gasteiger charge is 2.51. The van der Waals surface area contributed by atoms with Crippen molar-refractivity contribution in [3.8, 4) is 22.6 Å². The number of fused-ring (bicyclic) bond motifs is 3. The van der Waals surface area contributed by atoms with Crippen LogP contribution < -0.4 is 20.5 Å². The third-order valence-corrected chi connectivity index (χ3v) is 17.4. The number of nitrogens with zero attached hydrogens (tertiary/aromatic N) is 3. The molecule has 2 heterocycles. The molecule has 1 amide bonds. The predicted octanol–water partition coefficient (Wildman–Crippen LogP) is 11.2. The number of nitrogens with one attached hydrogen (secondary N) is 1. The fourth-order valence-electron chi connectivity index (χ4n) is 10.1. The van der Waals surface area contributed by atoms with E-state index in [1.165, 1.54) is 19.2 Å². The van der Waals surface area contributed by atoms with E-state index in [-0.39, 0.29) is 73.1 Å². The molecule has 1 aliphatic heterocycles. The van der Waals surface area contributed by atoms with Crippen LogP contribution in [-0.2, 0) is 44.9 Å². The van der Waals surface area contributed by atoms with Gasteiger partial charge < -0.3 is 38.0 Å². The van der Waals surface area contributed by atoms with Crippen molar-refractivity contribution in [3.63, 3.8) is 0 Å². The Labute approximate surface area is 467 Å². The molecule has 0 saturated carbocycles. The van der Waals surface area contributed by atoms with Crippen molar-refractivity contribution >= 4 is 37.3 Å². The molecule has 0 spiro atoms. The number of methoxy groups -OCH3 is 2. The van der Waals surface area contributed by atoms with Crippen molar-refractivity contribution in [3.05, 3.63) is 184 Å². The largest absolute Gasteiger partial charge is 0.497 e. The van der Waals surface area contributed by atoms with Crippen LogP contribution >= 0.6 is 20.3 Å². The smallest absolute Gasteiger partial charge is 0.407 e. The molecule has 1 N–H and O–H groups in total. The molecule has 0 radical (unpaired) electrons. The van der Waals surface area contributed by atoms with Gasteiger partial charge >= 0.3 is 11.8 Å². The Morgan fingerprint density at radius 3 is 1.89 bits per heavy atom. The van der Waals surface area contributed by atoms with Gasteiger partial charge in [0, 0.05) is 42.9 Å². The summed E-state index contributed by atoms with van der Waals surface area (Å²) in [5.74, 6) is 1.19. The molecule has 1 aromatic heterocycles. The van der Waals surface area contributed by atoms with Gasteiger partial charge in [-0.1, -0.05) is 129 Å². The van der Waals surface area contributed by atoms with E-state index in [4.69, 9.17) is 32.7 Å². The van der Waals surface area contributed by atoms with Crippen molar-refractivity contribution < 1.29 is 51.5 Å². The highest BCUT2D eigenvalue weighted by atomic mass is 32.2. The van der Waals surface area contributed by atoms with E-state index in [1.54, 1.807) is 28.1 Å². The SMILES string of the molecule is COc1ccc(C(OCC2OC(n3ccc(CC(C)=O)nc3=O)C(F)C2OP(OCCSC(=O)C(C)(C)CNC(=O)OCC2c3ccccc3-c3ccccc32)N(C(C)C)C(C)C)(c2ccccc2)c2ccc(OC)cc2)cc1. The van der Waals surface area contributed by atoms with E-state index in [9.17, 15) is 19.2 Å². The predicted molar refractivity (Wildman–Crippen MR) is 304 cm³/mol. The summed E-state index contributed by atoms with van der Waals surface area (Å²) in [6.07, 6.45) is -5.31. The van der Waals surface area contributed by atoms with Crippen molar-refractivity contribution in [2.45, 2.75) is 103 Å². The van der Waals surface area contributed by atoms with Crippen molar-refractivity contribution in [1.29, 1.82) is 0 Å². The van der Waals surface area contributed by atoms with Crippen LogP contribution in [0.15, 0.2) is 144 Å². The fraction of sp³-hybridized carbons (Fsp3) is 0.393. The Hall–Kier alpha value is -6.30. The molecule has 18 heteroatoms. The zero-order valence-corrected chi connectivity index (χ0v) is 47.8. The number of alkyl carbamates (subject to hydrolysis) is 1. The average Bonchev–Trinajstić information content (AvgIpc) is 4.18. The maximum absolute atomic E-state index is 17.7. The summed E-state index contributed by atoms with van der Waals surface area (Å²) in [4.78, 5) is 56.7. The van der Waals surface area contributed by atoms with Gasteiger partial charge in [0.1, 0.15) is 41.7 Å². The number of Topliss-reactive ketones (excluding diaryl/α,β-unsaturated/α-hetero) is 1. The Balaban J connectivity index is 1.01. The lowest BCUT2D eigenvalue weighted by Crippen LogP contribution is -2.41. The summed E-state index contributed by atoms with van der Waals surface area (Å²) in [5, 5.41) is 2.62. The number of hydrogen-bond donors (Lipinski definition) is 1. The van der Waals surface area contributed by atoms with Crippen molar-refractivity contribution in [1.82, 2.24) is 19.5 Å². The van der Waals surface area contributed by atoms with Crippen LogP contribution in [0.5, 0.6) is 11.5 Å².